The Morgan fingerprint density at radius 2 is 1.65 bits per heavy atom. The minimum absolute atomic E-state index is 0.156. The Labute approximate surface area is 152 Å². The molecule has 2 rings (SSSR count). The molecule has 2 aromatic rings. The van der Waals surface area contributed by atoms with Gasteiger partial charge in [-0.15, -0.1) is 0 Å². The Bertz CT molecular complexity index is 847. The number of carbonyl (C=O) groups is 3. The van der Waals surface area contributed by atoms with Crippen molar-refractivity contribution in [1.82, 2.24) is 0 Å². The number of anilines is 1. The van der Waals surface area contributed by atoms with Crippen LogP contribution in [-0.2, 0) is 25.1 Å². The van der Waals surface area contributed by atoms with Crippen molar-refractivity contribution in [2.45, 2.75) is 4.90 Å². The van der Waals surface area contributed by atoms with Gasteiger partial charge in [0.1, 0.15) is 0 Å². The Morgan fingerprint density at radius 1 is 1.00 bits per heavy atom. The molecule has 1 amide bonds. The van der Waals surface area contributed by atoms with Crippen LogP contribution < -0.4 is 5.32 Å². The number of esters is 2. The zero-order valence-corrected chi connectivity index (χ0v) is 15.0. The summed E-state index contributed by atoms with van der Waals surface area (Å²) in [7, 11) is -0.0767. The summed E-state index contributed by atoms with van der Waals surface area (Å²) >= 11 is 0. The lowest BCUT2D eigenvalue weighted by molar-refractivity contribution is -0.119. The summed E-state index contributed by atoms with van der Waals surface area (Å²) in [6, 6.07) is 12.4. The molecule has 1 atom stereocenters. The van der Waals surface area contributed by atoms with Crippen LogP contribution in [0, 0.1) is 0 Å². The van der Waals surface area contributed by atoms with E-state index in [2.05, 4.69) is 10.1 Å². The van der Waals surface area contributed by atoms with Crippen LogP contribution >= 0.6 is 0 Å². The first-order chi connectivity index (χ1) is 12.4. The predicted octanol–water partition coefficient (Wildman–Crippen LogP) is 2.01. The molecule has 0 saturated heterocycles. The van der Waals surface area contributed by atoms with Gasteiger partial charge in [0.2, 0.25) is 0 Å². The molecular formula is C18H17NO6S. The second-order valence-corrected chi connectivity index (χ2v) is 6.49. The Balaban J connectivity index is 1.94. The van der Waals surface area contributed by atoms with Crippen molar-refractivity contribution >= 4 is 34.3 Å². The third kappa shape index (κ3) is 5.00. The Kier molecular flexibility index (Phi) is 6.62. The summed E-state index contributed by atoms with van der Waals surface area (Å²) in [5.74, 6) is -1.75. The maximum atomic E-state index is 12.1. The Morgan fingerprint density at radius 3 is 2.27 bits per heavy atom. The van der Waals surface area contributed by atoms with E-state index in [1.807, 2.05) is 0 Å². The van der Waals surface area contributed by atoms with Crippen LogP contribution in [0.1, 0.15) is 20.7 Å². The van der Waals surface area contributed by atoms with Crippen molar-refractivity contribution < 1.29 is 28.1 Å². The topological polar surface area (TPSA) is 98.8 Å². The first kappa shape index (κ1) is 19.3. The SMILES string of the molecule is COC(=O)c1ccc(NC(=O)COC(=O)c2ccccc2[S@](C)=O)cc1. The van der Waals surface area contributed by atoms with Gasteiger partial charge in [-0.3, -0.25) is 9.00 Å². The molecule has 7 nitrogen and oxygen atoms in total. The van der Waals surface area contributed by atoms with Crippen molar-refractivity contribution in [3.05, 3.63) is 59.7 Å². The highest BCUT2D eigenvalue weighted by Crippen LogP contribution is 2.14. The van der Waals surface area contributed by atoms with Crippen LogP contribution in [0.4, 0.5) is 5.69 Å². The van der Waals surface area contributed by atoms with Gasteiger partial charge in [0, 0.05) is 11.9 Å². The first-order valence-corrected chi connectivity index (χ1v) is 9.06. The molecule has 0 bridgehead atoms. The van der Waals surface area contributed by atoms with Gasteiger partial charge in [-0.25, -0.2) is 9.59 Å². The van der Waals surface area contributed by atoms with Gasteiger partial charge in [0.15, 0.2) is 6.61 Å². The van der Waals surface area contributed by atoms with Crippen molar-refractivity contribution in [2.75, 3.05) is 25.3 Å². The molecule has 136 valence electrons. The smallest absolute Gasteiger partial charge is 0.339 e. The number of nitrogens with one attached hydrogen (secondary N) is 1. The minimum Gasteiger partial charge on any atom is -0.465 e. The van der Waals surface area contributed by atoms with Crippen LogP contribution in [0.5, 0.6) is 0 Å². The molecule has 0 spiro atoms. The van der Waals surface area contributed by atoms with E-state index in [-0.39, 0.29) is 5.56 Å². The number of amides is 1. The first-order valence-electron chi connectivity index (χ1n) is 7.50. The molecule has 2 aromatic carbocycles. The number of ether oxygens (including phenoxy) is 2. The largest absolute Gasteiger partial charge is 0.465 e. The quantitative estimate of drug-likeness (QED) is 0.776. The van der Waals surface area contributed by atoms with Gasteiger partial charge in [0.05, 0.1) is 33.9 Å². The number of methoxy groups -OCH3 is 1. The lowest BCUT2D eigenvalue weighted by Crippen LogP contribution is -2.21. The van der Waals surface area contributed by atoms with E-state index in [1.165, 1.54) is 43.7 Å². The average Bonchev–Trinajstić information content (AvgIpc) is 2.66. The number of rotatable bonds is 6. The van der Waals surface area contributed by atoms with Gasteiger partial charge in [-0.1, -0.05) is 12.1 Å². The van der Waals surface area contributed by atoms with Crippen LogP contribution in [0.15, 0.2) is 53.4 Å². The highest BCUT2D eigenvalue weighted by atomic mass is 32.2. The second-order valence-electron chi connectivity index (χ2n) is 5.14. The van der Waals surface area contributed by atoms with Crippen LogP contribution in [0.25, 0.3) is 0 Å². The fourth-order valence-corrected chi connectivity index (χ4v) is 2.83. The fourth-order valence-electron chi connectivity index (χ4n) is 2.10. The molecule has 8 heteroatoms. The lowest BCUT2D eigenvalue weighted by atomic mass is 10.2. The van der Waals surface area contributed by atoms with Crippen LogP contribution in [0.3, 0.4) is 0 Å². The third-order valence-electron chi connectivity index (χ3n) is 3.34. The highest BCUT2D eigenvalue weighted by molar-refractivity contribution is 7.84. The third-order valence-corrected chi connectivity index (χ3v) is 4.32. The molecule has 0 aromatic heterocycles. The van der Waals surface area contributed by atoms with Crippen LogP contribution in [-0.4, -0.2) is 42.0 Å². The maximum absolute atomic E-state index is 12.1. The lowest BCUT2D eigenvalue weighted by Gasteiger charge is -2.09. The van der Waals surface area contributed by atoms with Crippen molar-refractivity contribution in [1.29, 1.82) is 0 Å². The normalized spacial score (nSPS) is 11.3. The van der Waals surface area contributed by atoms with Crippen molar-refractivity contribution in [2.24, 2.45) is 0 Å². The average molecular weight is 375 g/mol. The van der Waals surface area contributed by atoms with E-state index in [1.54, 1.807) is 18.2 Å². The molecule has 1 N–H and O–H groups in total. The number of benzene rings is 2. The molecule has 0 unspecified atom stereocenters. The maximum Gasteiger partial charge on any atom is 0.339 e. The molecule has 0 radical (unpaired) electrons. The predicted molar refractivity (Wildman–Crippen MR) is 95.5 cm³/mol. The fraction of sp³-hybridized carbons (Fsp3) is 0.167. The molecular weight excluding hydrogens is 358 g/mol. The highest BCUT2D eigenvalue weighted by Gasteiger charge is 2.16. The van der Waals surface area contributed by atoms with Crippen molar-refractivity contribution in [3.63, 3.8) is 0 Å². The van der Waals surface area contributed by atoms with Crippen LogP contribution in [0.2, 0.25) is 0 Å². The minimum atomic E-state index is -1.35. The summed E-state index contributed by atoms with van der Waals surface area (Å²) in [6.45, 7) is -0.498. The van der Waals surface area contributed by atoms with Gasteiger partial charge in [-0.05, 0) is 36.4 Å². The summed E-state index contributed by atoms with van der Waals surface area (Å²) in [5, 5.41) is 2.54. The molecule has 0 aliphatic rings. The van der Waals surface area contributed by atoms with Gasteiger partial charge in [0.25, 0.3) is 5.91 Å². The van der Waals surface area contributed by atoms with Gasteiger partial charge >= 0.3 is 11.9 Å². The standard InChI is InChI=1S/C18H17NO6S/c1-24-17(21)12-7-9-13(10-8-12)19-16(20)11-25-18(22)14-5-3-4-6-15(14)26(2)23/h3-10H,11H2,1-2H3,(H,19,20)/t26-/m0/s1. The summed E-state index contributed by atoms with van der Waals surface area (Å²) in [6.07, 6.45) is 1.46. The van der Waals surface area contributed by atoms with Gasteiger partial charge in [-0.2, -0.15) is 0 Å². The zero-order chi connectivity index (χ0) is 19.1. The van der Waals surface area contributed by atoms with E-state index in [0.29, 0.717) is 16.1 Å². The van der Waals surface area contributed by atoms with Crippen molar-refractivity contribution in [3.8, 4) is 0 Å². The Hall–Kier alpha value is -3.00. The summed E-state index contributed by atoms with van der Waals surface area (Å²) in [4.78, 5) is 35.7. The number of carbonyl (C=O) groups excluding carboxylic acids is 3. The monoisotopic (exact) mass is 375 g/mol. The molecule has 0 fully saturated rings. The van der Waals surface area contributed by atoms with E-state index in [4.69, 9.17) is 4.74 Å². The van der Waals surface area contributed by atoms with E-state index >= 15 is 0 Å². The van der Waals surface area contributed by atoms with Gasteiger partial charge < -0.3 is 14.8 Å². The molecule has 0 aliphatic heterocycles. The van der Waals surface area contributed by atoms with E-state index in [0.717, 1.165) is 0 Å². The zero-order valence-electron chi connectivity index (χ0n) is 14.2. The summed E-state index contributed by atoms with van der Waals surface area (Å²) < 4.78 is 21.2. The van der Waals surface area contributed by atoms with E-state index < -0.39 is 35.3 Å². The number of hydrogen-bond acceptors (Lipinski definition) is 6. The molecule has 0 saturated carbocycles. The van der Waals surface area contributed by atoms with E-state index in [9.17, 15) is 18.6 Å². The second kappa shape index (κ2) is 8.91. The summed E-state index contributed by atoms with van der Waals surface area (Å²) in [5.41, 5.74) is 0.943. The molecule has 0 aliphatic carbocycles. The number of hydrogen-bond donors (Lipinski definition) is 1. The molecule has 0 heterocycles. The molecule has 26 heavy (non-hydrogen) atoms.